The minimum Gasteiger partial charge on any atom is -0.490 e. The molecule has 8 heteroatoms. The van der Waals surface area contributed by atoms with Gasteiger partial charge in [0.15, 0.2) is 0 Å². The molecule has 0 aliphatic carbocycles. The summed E-state index contributed by atoms with van der Waals surface area (Å²) in [5.41, 5.74) is 2.60. The minimum atomic E-state index is -3.46. The Kier molecular flexibility index (Phi) is 8.99. The summed E-state index contributed by atoms with van der Waals surface area (Å²) < 4.78 is 31.7. The summed E-state index contributed by atoms with van der Waals surface area (Å²) >= 11 is 6.02. The van der Waals surface area contributed by atoms with E-state index in [-0.39, 0.29) is 18.9 Å². The molecule has 0 unspecified atom stereocenters. The second-order valence-electron chi connectivity index (χ2n) is 7.00. The van der Waals surface area contributed by atoms with E-state index in [4.69, 9.17) is 16.3 Å². The zero-order valence-corrected chi connectivity index (χ0v) is 19.2. The normalized spacial score (nSPS) is 11.2. The van der Waals surface area contributed by atoms with Crippen molar-refractivity contribution in [3.8, 4) is 5.75 Å². The van der Waals surface area contributed by atoms with Gasteiger partial charge in [-0.3, -0.25) is 9.10 Å². The number of carbonyl (C=O) groups excluding carboxylic acids is 1. The van der Waals surface area contributed by atoms with Gasteiger partial charge in [0.25, 0.3) is 0 Å². The summed E-state index contributed by atoms with van der Waals surface area (Å²) in [6, 6.07) is 12.9. The molecule has 164 valence electrons. The molecule has 2 aromatic rings. The molecule has 0 aromatic heterocycles. The maximum Gasteiger partial charge on any atom is 0.232 e. The number of aryl methyl sites for hydroxylation is 2. The van der Waals surface area contributed by atoms with Crippen LogP contribution < -0.4 is 14.4 Å². The van der Waals surface area contributed by atoms with E-state index < -0.39 is 10.0 Å². The predicted octanol–water partition coefficient (Wildman–Crippen LogP) is 3.95. The molecule has 0 atom stereocenters. The van der Waals surface area contributed by atoms with Crippen molar-refractivity contribution in [2.45, 2.75) is 33.1 Å². The van der Waals surface area contributed by atoms with Crippen molar-refractivity contribution in [3.63, 3.8) is 0 Å². The van der Waals surface area contributed by atoms with Crippen LogP contribution in [0.2, 0.25) is 5.02 Å². The van der Waals surface area contributed by atoms with Gasteiger partial charge in [-0.25, -0.2) is 8.42 Å². The number of benzene rings is 2. The molecule has 0 saturated heterocycles. The van der Waals surface area contributed by atoms with E-state index in [2.05, 4.69) is 5.32 Å². The Labute approximate surface area is 184 Å². The second-order valence-corrected chi connectivity index (χ2v) is 9.32. The number of hydrogen-bond donors (Lipinski definition) is 1. The van der Waals surface area contributed by atoms with E-state index in [1.807, 2.05) is 44.2 Å². The molecular formula is C22H29ClN2O4S. The van der Waals surface area contributed by atoms with Gasteiger partial charge in [0.2, 0.25) is 15.9 Å². The first-order valence-corrected chi connectivity index (χ1v) is 12.2. The first-order valence-electron chi connectivity index (χ1n) is 9.94. The highest BCUT2D eigenvalue weighted by molar-refractivity contribution is 7.92. The lowest BCUT2D eigenvalue weighted by Gasteiger charge is -2.26. The Morgan fingerprint density at radius 3 is 2.57 bits per heavy atom. The van der Waals surface area contributed by atoms with Crippen molar-refractivity contribution in [2.75, 3.05) is 30.3 Å². The van der Waals surface area contributed by atoms with Gasteiger partial charge in [0.1, 0.15) is 12.4 Å². The lowest BCUT2D eigenvalue weighted by molar-refractivity contribution is -0.121. The SMILES string of the molecule is CCc1cccc(C)c1N(CCCC(=O)NCCOc1ccccc1Cl)S(C)(=O)=O. The smallest absolute Gasteiger partial charge is 0.232 e. The van der Waals surface area contributed by atoms with Crippen LogP contribution in [-0.4, -0.2) is 40.3 Å². The standard InChI is InChI=1S/C22H29ClN2O4S/c1-4-18-10-7-9-17(2)22(18)25(30(3,27)28)15-8-13-21(26)24-14-16-29-20-12-6-5-11-19(20)23/h5-7,9-12H,4,8,13-16H2,1-3H3,(H,24,26). The topological polar surface area (TPSA) is 75.7 Å². The lowest BCUT2D eigenvalue weighted by atomic mass is 10.1. The van der Waals surface area contributed by atoms with Crippen LogP contribution in [0, 0.1) is 6.92 Å². The number of anilines is 1. The molecule has 0 radical (unpaired) electrons. The molecule has 0 bridgehead atoms. The molecule has 2 rings (SSSR count). The molecular weight excluding hydrogens is 424 g/mol. The van der Waals surface area contributed by atoms with Gasteiger partial charge in [-0.15, -0.1) is 0 Å². The minimum absolute atomic E-state index is 0.147. The van der Waals surface area contributed by atoms with E-state index >= 15 is 0 Å². The Bertz CT molecular complexity index is 963. The number of nitrogens with zero attached hydrogens (tertiary/aromatic N) is 1. The fourth-order valence-corrected chi connectivity index (χ4v) is 4.43. The van der Waals surface area contributed by atoms with Crippen LogP contribution in [0.25, 0.3) is 0 Å². The number of para-hydroxylation sites is 2. The maximum atomic E-state index is 12.4. The van der Waals surface area contributed by atoms with Crippen LogP contribution in [0.3, 0.4) is 0 Å². The Balaban J connectivity index is 1.86. The van der Waals surface area contributed by atoms with Gasteiger partial charge in [-0.1, -0.05) is 48.9 Å². The monoisotopic (exact) mass is 452 g/mol. The molecule has 1 amide bonds. The fraction of sp³-hybridized carbons (Fsp3) is 0.409. The van der Waals surface area contributed by atoms with Crippen molar-refractivity contribution >= 4 is 33.2 Å². The zero-order valence-electron chi connectivity index (χ0n) is 17.7. The largest absolute Gasteiger partial charge is 0.490 e. The zero-order chi connectivity index (χ0) is 22.1. The average molecular weight is 453 g/mol. The van der Waals surface area contributed by atoms with Crippen molar-refractivity contribution in [2.24, 2.45) is 0 Å². The highest BCUT2D eigenvalue weighted by Gasteiger charge is 2.21. The highest BCUT2D eigenvalue weighted by atomic mass is 35.5. The van der Waals surface area contributed by atoms with Crippen molar-refractivity contribution < 1.29 is 17.9 Å². The van der Waals surface area contributed by atoms with Crippen LogP contribution in [0.5, 0.6) is 5.75 Å². The fourth-order valence-electron chi connectivity index (χ4n) is 3.19. The summed E-state index contributed by atoms with van der Waals surface area (Å²) in [6.45, 7) is 4.79. The number of halogens is 1. The maximum absolute atomic E-state index is 12.4. The van der Waals surface area contributed by atoms with Crippen LogP contribution >= 0.6 is 11.6 Å². The van der Waals surface area contributed by atoms with E-state index in [0.29, 0.717) is 30.3 Å². The summed E-state index contributed by atoms with van der Waals surface area (Å²) in [5.74, 6) is 0.425. The van der Waals surface area contributed by atoms with Crippen molar-refractivity contribution in [1.82, 2.24) is 5.32 Å². The number of amides is 1. The molecule has 6 nitrogen and oxygen atoms in total. The summed E-state index contributed by atoms with van der Waals surface area (Å²) in [5, 5.41) is 3.30. The van der Waals surface area contributed by atoms with Gasteiger partial charge < -0.3 is 10.1 Å². The molecule has 2 aromatic carbocycles. The Morgan fingerprint density at radius 2 is 1.90 bits per heavy atom. The van der Waals surface area contributed by atoms with E-state index in [1.165, 1.54) is 10.6 Å². The molecule has 1 N–H and O–H groups in total. The number of sulfonamides is 1. The molecule has 0 fully saturated rings. The van der Waals surface area contributed by atoms with Gasteiger partial charge in [0.05, 0.1) is 23.5 Å². The quantitative estimate of drug-likeness (QED) is 0.524. The molecule has 0 aliphatic rings. The van der Waals surface area contributed by atoms with Gasteiger partial charge in [-0.05, 0) is 43.0 Å². The number of ether oxygens (including phenoxy) is 1. The predicted molar refractivity (Wildman–Crippen MR) is 122 cm³/mol. The highest BCUT2D eigenvalue weighted by Crippen LogP contribution is 2.28. The van der Waals surface area contributed by atoms with E-state index in [0.717, 1.165) is 23.2 Å². The number of rotatable bonds is 11. The van der Waals surface area contributed by atoms with Gasteiger partial charge in [0, 0.05) is 13.0 Å². The molecule has 0 spiro atoms. The van der Waals surface area contributed by atoms with Crippen LogP contribution in [0.1, 0.15) is 30.9 Å². The van der Waals surface area contributed by atoms with E-state index in [1.54, 1.807) is 12.1 Å². The third-order valence-corrected chi connectivity index (χ3v) is 6.11. The molecule has 0 saturated carbocycles. The second kappa shape index (κ2) is 11.2. The van der Waals surface area contributed by atoms with Crippen LogP contribution in [-0.2, 0) is 21.2 Å². The van der Waals surface area contributed by atoms with Crippen molar-refractivity contribution in [3.05, 3.63) is 58.6 Å². The summed E-state index contributed by atoms with van der Waals surface area (Å²) in [4.78, 5) is 12.1. The number of nitrogens with one attached hydrogen (secondary N) is 1. The molecule has 0 aliphatic heterocycles. The Morgan fingerprint density at radius 1 is 1.17 bits per heavy atom. The first-order chi connectivity index (χ1) is 14.2. The number of carbonyl (C=O) groups is 1. The lowest BCUT2D eigenvalue weighted by Crippen LogP contribution is -2.34. The van der Waals surface area contributed by atoms with Gasteiger partial charge in [-0.2, -0.15) is 0 Å². The molecule has 0 heterocycles. The van der Waals surface area contributed by atoms with E-state index in [9.17, 15) is 13.2 Å². The average Bonchev–Trinajstić information content (AvgIpc) is 2.69. The number of hydrogen-bond acceptors (Lipinski definition) is 4. The van der Waals surface area contributed by atoms with Crippen LogP contribution in [0.15, 0.2) is 42.5 Å². The summed E-state index contributed by atoms with van der Waals surface area (Å²) in [6.07, 6.45) is 2.58. The summed E-state index contributed by atoms with van der Waals surface area (Å²) in [7, 11) is -3.46. The van der Waals surface area contributed by atoms with Gasteiger partial charge >= 0.3 is 0 Å². The third kappa shape index (κ3) is 6.92. The van der Waals surface area contributed by atoms with Crippen LogP contribution in [0.4, 0.5) is 5.69 Å². The molecule has 30 heavy (non-hydrogen) atoms. The van der Waals surface area contributed by atoms with Crippen molar-refractivity contribution in [1.29, 1.82) is 0 Å². The Hall–Kier alpha value is -2.25. The first kappa shape index (κ1) is 24.0. The third-order valence-electron chi connectivity index (χ3n) is 4.64.